The lowest BCUT2D eigenvalue weighted by atomic mass is 10.2. The summed E-state index contributed by atoms with van der Waals surface area (Å²) in [5.41, 5.74) is 2.80. The van der Waals surface area contributed by atoms with Crippen LogP contribution in [0.15, 0.2) is 23.6 Å². The predicted octanol–water partition coefficient (Wildman–Crippen LogP) is 2.29. The SMILES string of the molecule is CN(C)N/C(=C\C(=O)C(F)(F)F)c1cccs1. The first-order valence-electron chi connectivity index (χ1n) is 4.61. The van der Waals surface area contributed by atoms with Crippen LogP contribution in [0.25, 0.3) is 5.70 Å². The smallest absolute Gasteiger partial charge is 0.318 e. The summed E-state index contributed by atoms with van der Waals surface area (Å²) in [6, 6.07) is 3.33. The molecule has 1 aromatic rings. The Morgan fingerprint density at radius 1 is 1.47 bits per heavy atom. The second kappa shape index (κ2) is 5.33. The highest BCUT2D eigenvalue weighted by Crippen LogP contribution is 2.22. The van der Waals surface area contributed by atoms with Crippen molar-refractivity contribution in [1.82, 2.24) is 10.4 Å². The number of hydrogen-bond donors (Lipinski definition) is 1. The lowest BCUT2D eigenvalue weighted by molar-refractivity contribution is -0.165. The molecule has 0 aliphatic rings. The van der Waals surface area contributed by atoms with Crippen molar-refractivity contribution in [3.05, 3.63) is 28.5 Å². The topological polar surface area (TPSA) is 32.3 Å². The molecule has 0 fully saturated rings. The molecule has 0 unspecified atom stereocenters. The number of rotatable bonds is 4. The van der Waals surface area contributed by atoms with Crippen LogP contribution in [0, 0.1) is 0 Å². The Morgan fingerprint density at radius 2 is 2.12 bits per heavy atom. The third-order valence-corrected chi connectivity index (χ3v) is 2.59. The molecular weight excluding hydrogens is 253 g/mol. The van der Waals surface area contributed by atoms with Crippen LogP contribution in [0.5, 0.6) is 0 Å². The van der Waals surface area contributed by atoms with Crippen LogP contribution in [0.4, 0.5) is 13.2 Å². The van der Waals surface area contributed by atoms with Gasteiger partial charge in [0.2, 0.25) is 0 Å². The molecule has 1 N–H and O–H groups in total. The highest BCUT2D eigenvalue weighted by atomic mass is 32.1. The van der Waals surface area contributed by atoms with E-state index in [0.29, 0.717) is 11.0 Å². The van der Waals surface area contributed by atoms with Crippen LogP contribution < -0.4 is 5.43 Å². The molecule has 0 bridgehead atoms. The number of ketones is 1. The first-order valence-corrected chi connectivity index (χ1v) is 5.49. The fourth-order valence-electron chi connectivity index (χ4n) is 1.04. The van der Waals surface area contributed by atoms with Crippen LogP contribution in [0.2, 0.25) is 0 Å². The van der Waals surface area contributed by atoms with Crippen molar-refractivity contribution in [2.75, 3.05) is 14.1 Å². The highest BCUT2D eigenvalue weighted by molar-refractivity contribution is 7.11. The number of carbonyl (C=O) groups excluding carboxylic acids is 1. The third kappa shape index (κ3) is 4.20. The fourth-order valence-corrected chi connectivity index (χ4v) is 1.74. The first kappa shape index (κ1) is 13.7. The fraction of sp³-hybridized carbons (Fsp3) is 0.300. The van der Waals surface area contributed by atoms with Crippen molar-refractivity contribution < 1.29 is 18.0 Å². The standard InChI is InChI=1S/C10H11F3N2OS/c1-15(2)14-7(8-4-3-5-17-8)6-9(16)10(11,12)13/h3-6,14H,1-2H3/b7-6-. The van der Waals surface area contributed by atoms with Gasteiger partial charge in [0, 0.05) is 20.2 Å². The predicted molar refractivity (Wildman–Crippen MR) is 60.2 cm³/mol. The van der Waals surface area contributed by atoms with Crippen molar-refractivity contribution in [3.8, 4) is 0 Å². The van der Waals surface area contributed by atoms with Gasteiger partial charge < -0.3 is 5.43 Å². The van der Waals surface area contributed by atoms with E-state index in [0.717, 1.165) is 0 Å². The Labute approximate surface area is 101 Å². The van der Waals surface area contributed by atoms with Gasteiger partial charge >= 0.3 is 6.18 Å². The first-order chi connectivity index (χ1) is 7.80. The Kier molecular flexibility index (Phi) is 4.30. The van der Waals surface area contributed by atoms with E-state index in [-0.39, 0.29) is 5.70 Å². The Bertz CT molecular complexity index is 410. The van der Waals surface area contributed by atoms with E-state index < -0.39 is 12.0 Å². The Balaban J connectivity index is 2.99. The van der Waals surface area contributed by atoms with Crippen LogP contribution >= 0.6 is 11.3 Å². The molecule has 0 atom stereocenters. The number of allylic oxidation sites excluding steroid dienone is 1. The summed E-state index contributed by atoms with van der Waals surface area (Å²) in [6.45, 7) is 0. The molecule has 0 aliphatic carbocycles. The second-order valence-corrected chi connectivity index (χ2v) is 4.35. The van der Waals surface area contributed by atoms with Gasteiger partial charge in [0.15, 0.2) is 0 Å². The van der Waals surface area contributed by atoms with Crippen molar-refractivity contribution >= 4 is 22.8 Å². The van der Waals surface area contributed by atoms with Crippen LogP contribution in [0.1, 0.15) is 4.88 Å². The average molecular weight is 264 g/mol. The summed E-state index contributed by atoms with van der Waals surface area (Å²) >= 11 is 1.25. The molecule has 0 aliphatic heterocycles. The number of nitrogens with one attached hydrogen (secondary N) is 1. The Hall–Kier alpha value is -1.34. The van der Waals surface area contributed by atoms with Gasteiger partial charge in [-0.25, -0.2) is 5.01 Å². The molecule has 0 saturated carbocycles. The maximum Gasteiger partial charge on any atom is 0.454 e. The van der Waals surface area contributed by atoms with Gasteiger partial charge in [0.05, 0.1) is 10.6 Å². The molecular formula is C10H11F3N2OS. The minimum absolute atomic E-state index is 0.132. The quantitative estimate of drug-likeness (QED) is 0.669. The normalized spacial score (nSPS) is 12.9. The molecule has 1 rings (SSSR count). The molecule has 17 heavy (non-hydrogen) atoms. The van der Waals surface area contributed by atoms with Crippen LogP contribution in [0.3, 0.4) is 0 Å². The van der Waals surface area contributed by atoms with Gasteiger partial charge in [-0.1, -0.05) is 6.07 Å². The summed E-state index contributed by atoms with van der Waals surface area (Å²) in [6.07, 6.45) is -4.29. The van der Waals surface area contributed by atoms with E-state index in [2.05, 4.69) is 5.43 Å². The molecule has 7 heteroatoms. The summed E-state index contributed by atoms with van der Waals surface area (Å²) in [5.74, 6) is -1.88. The molecule has 0 radical (unpaired) electrons. The molecule has 0 aromatic carbocycles. The molecule has 3 nitrogen and oxygen atoms in total. The number of halogens is 3. The lowest BCUT2D eigenvalue weighted by Gasteiger charge is -2.16. The monoisotopic (exact) mass is 264 g/mol. The highest BCUT2D eigenvalue weighted by Gasteiger charge is 2.37. The van der Waals surface area contributed by atoms with Crippen molar-refractivity contribution in [3.63, 3.8) is 0 Å². The van der Waals surface area contributed by atoms with Crippen LogP contribution in [-0.4, -0.2) is 31.1 Å². The van der Waals surface area contributed by atoms with E-state index in [1.165, 1.54) is 16.3 Å². The zero-order chi connectivity index (χ0) is 13.1. The largest absolute Gasteiger partial charge is 0.454 e. The van der Waals surface area contributed by atoms with E-state index in [4.69, 9.17) is 0 Å². The number of hydrazine groups is 1. The number of nitrogens with zero attached hydrogens (tertiary/aromatic N) is 1. The van der Waals surface area contributed by atoms with Gasteiger partial charge in [0.1, 0.15) is 0 Å². The van der Waals surface area contributed by atoms with Crippen LogP contribution in [-0.2, 0) is 4.79 Å². The molecule has 1 aromatic heterocycles. The van der Waals surface area contributed by atoms with E-state index in [1.807, 2.05) is 0 Å². The minimum Gasteiger partial charge on any atom is -0.318 e. The zero-order valence-electron chi connectivity index (χ0n) is 9.21. The second-order valence-electron chi connectivity index (χ2n) is 3.40. The van der Waals surface area contributed by atoms with Gasteiger partial charge in [-0.15, -0.1) is 11.3 Å². The number of hydrogen-bond acceptors (Lipinski definition) is 4. The third-order valence-electron chi connectivity index (χ3n) is 1.69. The molecule has 0 saturated heterocycles. The van der Waals surface area contributed by atoms with Gasteiger partial charge in [-0.2, -0.15) is 13.2 Å². The number of alkyl halides is 3. The average Bonchev–Trinajstić information content (AvgIpc) is 2.66. The summed E-state index contributed by atoms with van der Waals surface area (Å²) in [4.78, 5) is 11.5. The van der Waals surface area contributed by atoms with Gasteiger partial charge in [-0.3, -0.25) is 4.79 Å². The zero-order valence-corrected chi connectivity index (χ0v) is 10.0. The maximum absolute atomic E-state index is 12.2. The summed E-state index contributed by atoms with van der Waals surface area (Å²) in [5, 5.41) is 3.19. The minimum atomic E-state index is -4.85. The van der Waals surface area contributed by atoms with Crippen molar-refractivity contribution in [2.45, 2.75) is 6.18 Å². The summed E-state index contributed by atoms with van der Waals surface area (Å²) < 4.78 is 36.5. The molecule has 0 amide bonds. The molecule has 0 spiro atoms. The maximum atomic E-state index is 12.2. The van der Waals surface area contributed by atoms with E-state index in [1.54, 1.807) is 31.6 Å². The molecule has 1 heterocycles. The van der Waals surface area contributed by atoms with Crippen molar-refractivity contribution in [1.29, 1.82) is 0 Å². The van der Waals surface area contributed by atoms with Crippen molar-refractivity contribution in [2.24, 2.45) is 0 Å². The van der Waals surface area contributed by atoms with Gasteiger partial charge in [0.25, 0.3) is 5.78 Å². The molecule has 94 valence electrons. The van der Waals surface area contributed by atoms with Gasteiger partial charge in [-0.05, 0) is 11.4 Å². The van der Waals surface area contributed by atoms with E-state index in [9.17, 15) is 18.0 Å². The number of carbonyl (C=O) groups is 1. The Morgan fingerprint density at radius 3 is 2.53 bits per heavy atom. The summed E-state index contributed by atoms with van der Waals surface area (Å²) in [7, 11) is 3.25. The lowest BCUT2D eigenvalue weighted by Crippen LogP contribution is -2.30. The number of thiophene rings is 1. The van der Waals surface area contributed by atoms with E-state index >= 15 is 0 Å².